The average molecular weight is 367 g/mol. The Kier molecular flexibility index (Phi) is 5.31. The topological polar surface area (TPSA) is 129 Å². The summed E-state index contributed by atoms with van der Waals surface area (Å²) in [5, 5.41) is 11.7. The van der Waals surface area contributed by atoms with Crippen molar-refractivity contribution >= 4 is 23.3 Å². The predicted octanol–water partition coefficient (Wildman–Crippen LogP) is 2.31. The maximum absolute atomic E-state index is 12.0. The van der Waals surface area contributed by atoms with Crippen LogP contribution in [0.25, 0.3) is 11.4 Å². The molecule has 0 aliphatic carbocycles. The van der Waals surface area contributed by atoms with Crippen LogP contribution in [0.2, 0.25) is 0 Å². The van der Waals surface area contributed by atoms with Gasteiger partial charge in [-0.05, 0) is 42.0 Å². The van der Waals surface area contributed by atoms with Crippen molar-refractivity contribution in [3.63, 3.8) is 0 Å². The van der Waals surface area contributed by atoms with Crippen LogP contribution in [0, 0.1) is 0 Å². The Morgan fingerprint density at radius 3 is 2.52 bits per heavy atom. The van der Waals surface area contributed by atoms with E-state index in [1.807, 2.05) is 6.07 Å². The largest absolute Gasteiger partial charge is 0.439 e. The fraction of sp³-hybridized carbons (Fsp3) is 0.111. The molecule has 9 nitrogen and oxygen atoms in total. The van der Waals surface area contributed by atoms with Crippen molar-refractivity contribution < 1.29 is 14.1 Å². The van der Waals surface area contributed by atoms with Gasteiger partial charge in [0.15, 0.2) is 5.82 Å². The van der Waals surface area contributed by atoms with Gasteiger partial charge >= 0.3 is 11.8 Å². The van der Waals surface area contributed by atoms with Crippen molar-refractivity contribution in [1.82, 2.24) is 15.5 Å². The van der Waals surface area contributed by atoms with E-state index in [4.69, 9.17) is 0 Å². The van der Waals surface area contributed by atoms with Crippen molar-refractivity contribution in [3.05, 3.63) is 64.6 Å². The van der Waals surface area contributed by atoms with E-state index in [1.165, 1.54) is 6.92 Å². The molecule has 0 unspecified atom stereocenters. The molecule has 1 heterocycles. The molecule has 0 radical (unpaired) electrons. The van der Waals surface area contributed by atoms with Crippen LogP contribution in [0.1, 0.15) is 12.5 Å². The summed E-state index contributed by atoms with van der Waals surface area (Å²) in [5.74, 6) is -0.472. The van der Waals surface area contributed by atoms with Gasteiger partial charge in [0.1, 0.15) is 0 Å². The van der Waals surface area contributed by atoms with Gasteiger partial charge in [-0.1, -0.05) is 17.3 Å². The molecular formula is C18H17N5O4. The van der Waals surface area contributed by atoms with Gasteiger partial charge in [0.2, 0.25) is 5.91 Å². The summed E-state index contributed by atoms with van der Waals surface area (Å²) in [7, 11) is 0. The van der Waals surface area contributed by atoms with Crippen LogP contribution in [0.3, 0.4) is 0 Å². The van der Waals surface area contributed by atoms with Gasteiger partial charge in [-0.3, -0.25) is 14.3 Å². The summed E-state index contributed by atoms with van der Waals surface area (Å²) in [6.07, 6.45) is 0. The fourth-order valence-electron chi connectivity index (χ4n) is 2.39. The average Bonchev–Trinajstić information content (AvgIpc) is 3.07. The number of nitrogens with one attached hydrogen (secondary N) is 4. The van der Waals surface area contributed by atoms with Crippen LogP contribution in [0.4, 0.5) is 16.2 Å². The number of hydrogen-bond donors (Lipinski definition) is 4. The molecule has 3 amide bonds. The first-order valence-electron chi connectivity index (χ1n) is 8.07. The summed E-state index contributed by atoms with van der Waals surface area (Å²) < 4.78 is 4.45. The van der Waals surface area contributed by atoms with Gasteiger partial charge in [-0.15, -0.1) is 0 Å². The number of carbonyl (C=O) groups excluding carboxylic acids is 2. The number of carbonyl (C=O) groups is 2. The summed E-state index contributed by atoms with van der Waals surface area (Å²) in [6, 6.07) is 13.6. The smallest absolute Gasteiger partial charge is 0.334 e. The number of anilines is 2. The van der Waals surface area contributed by atoms with Gasteiger partial charge in [0, 0.05) is 30.4 Å². The number of urea groups is 1. The second-order valence-electron chi connectivity index (χ2n) is 5.71. The lowest BCUT2D eigenvalue weighted by atomic mass is 10.2. The zero-order chi connectivity index (χ0) is 19.2. The van der Waals surface area contributed by atoms with Crippen molar-refractivity contribution in [1.29, 1.82) is 0 Å². The molecule has 0 saturated carbocycles. The number of nitrogens with zero attached hydrogens (tertiary/aromatic N) is 1. The molecule has 0 atom stereocenters. The predicted molar refractivity (Wildman–Crippen MR) is 99.2 cm³/mol. The Hall–Kier alpha value is -3.88. The highest BCUT2D eigenvalue weighted by atomic mass is 16.5. The minimum Gasteiger partial charge on any atom is -0.334 e. The third-order valence-electron chi connectivity index (χ3n) is 3.56. The summed E-state index contributed by atoms with van der Waals surface area (Å²) >= 11 is 0. The Morgan fingerprint density at radius 2 is 1.85 bits per heavy atom. The standard InChI is InChI=1S/C18H17N5O4/c1-11(24)20-15-4-2-3-12(9-15)10-19-17(25)21-14-7-5-13(6-8-14)16-22-18(26)27-23-16/h2-9H,10H2,1H3,(H,20,24)(H2,19,21,25)(H,22,23,26). The molecule has 3 rings (SSSR count). The zero-order valence-corrected chi connectivity index (χ0v) is 14.4. The normalized spacial score (nSPS) is 10.3. The van der Waals surface area contributed by atoms with E-state index in [9.17, 15) is 14.4 Å². The van der Waals surface area contributed by atoms with Crippen molar-refractivity contribution in [3.8, 4) is 11.4 Å². The van der Waals surface area contributed by atoms with Gasteiger partial charge in [-0.25, -0.2) is 9.59 Å². The maximum Gasteiger partial charge on any atom is 0.439 e. The zero-order valence-electron chi connectivity index (χ0n) is 14.4. The molecule has 0 spiro atoms. The third kappa shape index (κ3) is 5.05. The highest BCUT2D eigenvalue weighted by molar-refractivity contribution is 5.90. The molecular weight excluding hydrogens is 350 g/mol. The first kappa shape index (κ1) is 17.9. The molecule has 27 heavy (non-hydrogen) atoms. The van der Waals surface area contributed by atoms with Crippen LogP contribution in [0.5, 0.6) is 0 Å². The number of H-pyrrole nitrogens is 1. The lowest BCUT2D eigenvalue weighted by Gasteiger charge is -2.09. The molecule has 0 fully saturated rings. The summed E-state index contributed by atoms with van der Waals surface area (Å²) in [6.45, 7) is 1.74. The van der Waals surface area contributed by atoms with Crippen LogP contribution in [-0.2, 0) is 11.3 Å². The van der Waals surface area contributed by atoms with E-state index in [1.54, 1.807) is 42.5 Å². The molecule has 2 aromatic carbocycles. The highest BCUT2D eigenvalue weighted by Gasteiger charge is 2.06. The first-order valence-corrected chi connectivity index (χ1v) is 8.07. The van der Waals surface area contributed by atoms with Crippen molar-refractivity contribution in [2.24, 2.45) is 0 Å². The molecule has 0 bridgehead atoms. The molecule has 3 aromatic rings. The summed E-state index contributed by atoms with van der Waals surface area (Å²) in [4.78, 5) is 36.5. The van der Waals surface area contributed by atoms with Gasteiger partial charge in [0.25, 0.3) is 0 Å². The van der Waals surface area contributed by atoms with Crippen LogP contribution in [-0.4, -0.2) is 22.1 Å². The molecule has 4 N–H and O–H groups in total. The molecule has 9 heteroatoms. The maximum atomic E-state index is 12.0. The number of hydrogen-bond acceptors (Lipinski definition) is 5. The van der Waals surface area contributed by atoms with E-state index >= 15 is 0 Å². The van der Waals surface area contributed by atoms with Gasteiger partial charge in [0.05, 0.1) is 0 Å². The number of amides is 3. The number of benzene rings is 2. The van der Waals surface area contributed by atoms with Crippen molar-refractivity contribution in [2.75, 3.05) is 10.6 Å². The fourth-order valence-corrected chi connectivity index (χ4v) is 2.39. The third-order valence-corrected chi connectivity index (χ3v) is 3.56. The van der Waals surface area contributed by atoms with Crippen LogP contribution >= 0.6 is 0 Å². The first-order chi connectivity index (χ1) is 13.0. The quantitative estimate of drug-likeness (QED) is 0.550. The highest BCUT2D eigenvalue weighted by Crippen LogP contribution is 2.17. The van der Waals surface area contributed by atoms with E-state index in [0.29, 0.717) is 29.3 Å². The molecule has 1 aromatic heterocycles. The van der Waals surface area contributed by atoms with E-state index in [2.05, 4.69) is 30.6 Å². The minimum atomic E-state index is -0.630. The van der Waals surface area contributed by atoms with E-state index in [-0.39, 0.29) is 11.9 Å². The minimum absolute atomic E-state index is 0.156. The van der Waals surface area contributed by atoms with Gasteiger partial charge < -0.3 is 16.0 Å². The number of aromatic nitrogens is 2. The lowest BCUT2D eigenvalue weighted by Crippen LogP contribution is -2.28. The second-order valence-corrected chi connectivity index (χ2v) is 5.71. The van der Waals surface area contributed by atoms with Crippen LogP contribution in [0.15, 0.2) is 57.8 Å². The Bertz CT molecular complexity index is 1010. The van der Waals surface area contributed by atoms with E-state index in [0.717, 1.165) is 5.56 Å². The Morgan fingerprint density at radius 1 is 1.07 bits per heavy atom. The molecule has 0 aliphatic rings. The second kappa shape index (κ2) is 8.00. The summed E-state index contributed by atoms with van der Waals surface area (Å²) in [5.41, 5.74) is 2.75. The monoisotopic (exact) mass is 367 g/mol. The molecule has 0 aliphatic heterocycles. The van der Waals surface area contributed by atoms with E-state index < -0.39 is 5.76 Å². The number of rotatable bonds is 5. The van der Waals surface area contributed by atoms with Crippen molar-refractivity contribution in [2.45, 2.75) is 13.5 Å². The lowest BCUT2D eigenvalue weighted by molar-refractivity contribution is -0.114. The SMILES string of the molecule is CC(=O)Nc1cccc(CNC(=O)Nc2ccc(-c3noc(=O)[nH]3)cc2)c1. The number of aromatic amines is 1. The van der Waals surface area contributed by atoms with Gasteiger partial charge in [-0.2, -0.15) is 0 Å². The van der Waals surface area contributed by atoms with Crippen LogP contribution < -0.4 is 21.7 Å². The Labute approximate surface area is 153 Å². The molecule has 138 valence electrons. The molecule has 0 saturated heterocycles. The Balaban J connectivity index is 1.55.